The van der Waals surface area contributed by atoms with Crippen molar-refractivity contribution in [2.75, 3.05) is 6.54 Å². The van der Waals surface area contributed by atoms with E-state index in [4.69, 9.17) is 5.73 Å². The van der Waals surface area contributed by atoms with E-state index in [0.29, 0.717) is 5.41 Å². The molecule has 0 spiro atoms. The van der Waals surface area contributed by atoms with E-state index in [1.165, 1.54) is 6.42 Å². The van der Waals surface area contributed by atoms with Crippen molar-refractivity contribution in [3.05, 3.63) is 0 Å². The van der Waals surface area contributed by atoms with Crippen LogP contribution in [0.3, 0.4) is 0 Å². The summed E-state index contributed by atoms with van der Waals surface area (Å²) < 4.78 is 0. The molecule has 0 radical (unpaired) electrons. The third-order valence-corrected chi connectivity index (χ3v) is 3.05. The first-order valence-corrected chi connectivity index (χ1v) is 4.91. The average Bonchev–Trinajstić information content (AvgIpc) is 1.85. The Morgan fingerprint density at radius 1 is 1.08 bits per heavy atom. The van der Waals surface area contributed by atoms with Gasteiger partial charge in [0.15, 0.2) is 0 Å². The van der Waals surface area contributed by atoms with Crippen LogP contribution in [0, 0.1) is 16.7 Å². The van der Waals surface area contributed by atoms with E-state index in [-0.39, 0.29) is 5.41 Å². The highest BCUT2D eigenvalue weighted by molar-refractivity contribution is 4.81. The molecule has 0 aromatic carbocycles. The van der Waals surface area contributed by atoms with Gasteiger partial charge in [0, 0.05) is 0 Å². The molecule has 0 aliphatic carbocycles. The number of hydrogen-bond donors (Lipinski definition) is 1. The summed E-state index contributed by atoms with van der Waals surface area (Å²) in [7, 11) is 0. The van der Waals surface area contributed by atoms with Crippen LogP contribution in [0.25, 0.3) is 0 Å². The molecule has 0 saturated heterocycles. The Kier molecular flexibility index (Phi) is 3.77. The second-order valence-corrected chi connectivity index (χ2v) is 5.69. The third kappa shape index (κ3) is 3.57. The van der Waals surface area contributed by atoms with Gasteiger partial charge in [0.1, 0.15) is 0 Å². The first-order chi connectivity index (χ1) is 5.21. The van der Waals surface area contributed by atoms with Gasteiger partial charge in [-0.1, -0.05) is 41.5 Å². The third-order valence-electron chi connectivity index (χ3n) is 3.05. The maximum absolute atomic E-state index is 5.71. The quantitative estimate of drug-likeness (QED) is 0.691. The van der Waals surface area contributed by atoms with Gasteiger partial charge in [-0.15, -0.1) is 0 Å². The van der Waals surface area contributed by atoms with Crippen LogP contribution in [0.4, 0.5) is 0 Å². The van der Waals surface area contributed by atoms with Gasteiger partial charge < -0.3 is 5.73 Å². The van der Waals surface area contributed by atoms with Gasteiger partial charge in [-0.05, 0) is 29.7 Å². The zero-order valence-electron chi connectivity index (χ0n) is 9.57. The molecule has 0 rings (SSSR count). The van der Waals surface area contributed by atoms with Crippen LogP contribution < -0.4 is 5.73 Å². The first kappa shape index (κ1) is 12.0. The Bertz CT molecular complexity index is 134. The summed E-state index contributed by atoms with van der Waals surface area (Å²) in [5.41, 5.74) is 6.40. The van der Waals surface area contributed by atoms with Gasteiger partial charge in [0.2, 0.25) is 0 Å². The monoisotopic (exact) mass is 171 g/mol. The van der Waals surface area contributed by atoms with E-state index in [1.807, 2.05) is 0 Å². The first-order valence-electron chi connectivity index (χ1n) is 4.91. The SMILES string of the molecule is CC(C)C(C)(C)CC(C)(C)CN. The molecular formula is C11H25N. The van der Waals surface area contributed by atoms with Gasteiger partial charge in [0.05, 0.1) is 0 Å². The second kappa shape index (κ2) is 3.78. The molecule has 0 aliphatic rings. The highest BCUT2D eigenvalue weighted by Gasteiger charge is 2.29. The van der Waals surface area contributed by atoms with Crippen molar-refractivity contribution in [1.82, 2.24) is 0 Å². The molecule has 1 heteroatoms. The standard InChI is InChI=1S/C11H25N/c1-9(2)11(5,6)7-10(3,4)8-12/h9H,7-8,12H2,1-6H3. The topological polar surface area (TPSA) is 26.0 Å². The Morgan fingerprint density at radius 2 is 1.50 bits per heavy atom. The molecule has 0 bridgehead atoms. The van der Waals surface area contributed by atoms with Crippen molar-refractivity contribution < 1.29 is 0 Å². The summed E-state index contributed by atoms with van der Waals surface area (Å²) in [6, 6.07) is 0. The van der Waals surface area contributed by atoms with Crippen LogP contribution in [0.5, 0.6) is 0 Å². The van der Waals surface area contributed by atoms with Crippen LogP contribution in [0.15, 0.2) is 0 Å². The molecule has 1 nitrogen and oxygen atoms in total. The van der Waals surface area contributed by atoms with Crippen molar-refractivity contribution in [2.24, 2.45) is 22.5 Å². The van der Waals surface area contributed by atoms with Gasteiger partial charge >= 0.3 is 0 Å². The lowest BCUT2D eigenvalue weighted by atomic mass is 9.69. The summed E-state index contributed by atoms with van der Waals surface area (Å²) >= 11 is 0. The normalized spacial score (nSPS) is 14.0. The van der Waals surface area contributed by atoms with Gasteiger partial charge in [0.25, 0.3) is 0 Å². The van der Waals surface area contributed by atoms with E-state index < -0.39 is 0 Å². The van der Waals surface area contributed by atoms with Crippen molar-refractivity contribution in [3.8, 4) is 0 Å². The van der Waals surface area contributed by atoms with Crippen LogP contribution in [-0.2, 0) is 0 Å². The molecule has 0 fully saturated rings. The largest absolute Gasteiger partial charge is 0.330 e. The summed E-state index contributed by atoms with van der Waals surface area (Å²) in [6.45, 7) is 14.5. The Hall–Kier alpha value is -0.0400. The molecule has 0 atom stereocenters. The fourth-order valence-corrected chi connectivity index (χ4v) is 1.51. The second-order valence-electron chi connectivity index (χ2n) is 5.69. The zero-order valence-corrected chi connectivity index (χ0v) is 9.57. The molecule has 0 heterocycles. The molecule has 0 saturated carbocycles. The number of hydrogen-bond acceptors (Lipinski definition) is 1. The molecular weight excluding hydrogens is 146 g/mol. The minimum Gasteiger partial charge on any atom is -0.330 e. The molecule has 0 unspecified atom stereocenters. The predicted octanol–water partition coefficient (Wildman–Crippen LogP) is 3.04. The Balaban J connectivity index is 4.23. The van der Waals surface area contributed by atoms with E-state index in [1.54, 1.807) is 0 Å². The molecule has 0 aromatic heterocycles. The lowest BCUT2D eigenvalue weighted by Crippen LogP contribution is -2.32. The van der Waals surface area contributed by atoms with E-state index in [9.17, 15) is 0 Å². The predicted molar refractivity (Wildman–Crippen MR) is 56.1 cm³/mol. The smallest absolute Gasteiger partial charge is 0.00256 e. The molecule has 0 amide bonds. The molecule has 2 N–H and O–H groups in total. The van der Waals surface area contributed by atoms with E-state index in [0.717, 1.165) is 12.5 Å². The fourth-order valence-electron chi connectivity index (χ4n) is 1.51. The zero-order chi connectivity index (χ0) is 9.99. The van der Waals surface area contributed by atoms with Gasteiger partial charge in [-0.2, -0.15) is 0 Å². The van der Waals surface area contributed by atoms with Crippen LogP contribution >= 0.6 is 0 Å². The number of nitrogens with two attached hydrogens (primary N) is 1. The summed E-state index contributed by atoms with van der Waals surface area (Å²) in [5, 5.41) is 0. The van der Waals surface area contributed by atoms with Crippen molar-refractivity contribution in [2.45, 2.75) is 48.0 Å². The van der Waals surface area contributed by atoms with Crippen molar-refractivity contribution in [3.63, 3.8) is 0 Å². The average molecular weight is 171 g/mol. The minimum absolute atomic E-state index is 0.285. The lowest BCUT2D eigenvalue weighted by molar-refractivity contribution is 0.144. The molecule has 0 aromatic rings. The maximum Gasteiger partial charge on any atom is -0.00256 e. The lowest BCUT2D eigenvalue weighted by Gasteiger charge is -2.37. The molecule has 12 heavy (non-hydrogen) atoms. The van der Waals surface area contributed by atoms with Crippen LogP contribution in [0.2, 0.25) is 0 Å². The minimum atomic E-state index is 0.285. The van der Waals surface area contributed by atoms with Crippen LogP contribution in [-0.4, -0.2) is 6.54 Å². The highest BCUT2D eigenvalue weighted by atomic mass is 14.6. The van der Waals surface area contributed by atoms with Crippen molar-refractivity contribution in [1.29, 1.82) is 0 Å². The maximum atomic E-state index is 5.71. The summed E-state index contributed by atoms with van der Waals surface area (Å²) in [4.78, 5) is 0. The van der Waals surface area contributed by atoms with Gasteiger partial charge in [-0.3, -0.25) is 0 Å². The molecule has 74 valence electrons. The summed E-state index contributed by atoms with van der Waals surface area (Å²) in [6.07, 6.45) is 1.20. The number of rotatable bonds is 4. The molecule has 0 aliphatic heterocycles. The van der Waals surface area contributed by atoms with Crippen LogP contribution in [0.1, 0.15) is 48.0 Å². The van der Waals surface area contributed by atoms with E-state index in [2.05, 4.69) is 41.5 Å². The summed E-state index contributed by atoms with van der Waals surface area (Å²) in [5.74, 6) is 0.725. The highest BCUT2D eigenvalue weighted by Crippen LogP contribution is 2.38. The Labute approximate surface area is 77.7 Å². The Morgan fingerprint density at radius 3 is 1.75 bits per heavy atom. The fraction of sp³-hybridized carbons (Fsp3) is 1.00. The van der Waals surface area contributed by atoms with Gasteiger partial charge in [-0.25, -0.2) is 0 Å². The van der Waals surface area contributed by atoms with Crippen molar-refractivity contribution >= 4 is 0 Å². The van der Waals surface area contributed by atoms with E-state index >= 15 is 0 Å².